The summed E-state index contributed by atoms with van der Waals surface area (Å²) in [5.74, 6) is 0.216. The number of carbonyl (C=O) groups excluding carboxylic acids is 1. The fraction of sp³-hybridized carbons (Fsp3) is 0.435. The molecule has 0 N–H and O–H groups in total. The van der Waals surface area contributed by atoms with Gasteiger partial charge in [-0.2, -0.15) is 5.10 Å². The van der Waals surface area contributed by atoms with Gasteiger partial charge in [0.15, 0.2) is 0 Å². The van der Waals surface area contributed by atoms with Gasteiger partial charge in [0, 0.05) is 39.8 Å². The van der Waals surface area contributed by atoms with Crippen molar-refractivity contribution in [2.45, 2.75) is 58.9 Å². The Morgan fingerprint density at radius 3 is 2.73 bits per heavy atom. The number of nitrogens with zero attached hydrogens (tertiary/aromatic N) is 4. The van der Waals surface area contributed by atoms with Crippen LogP contribution in [0.3, 0.4) is 0 Å². The molecule has 2 aromatic heterocycles. The van der Waals surface area contributed by atoms with Crippen LogP contribution >= 0.6 is 22.9 Å². The number of hydrogen-bond donors (Lipinski definition) is 0. The smallest absolute Gasteiger partial charge is 0.227 e. The summed E-state index contributed by atoms with van der Waals surface area (Å²) in [6.07, 6.45) is 4.87. The minimum atomic E-state index is 0.216. The Bertz CT molecular complexity index is 1040. The van der Waals surface area contributed by atoms with Gasteiger partial charge in [0.25, 0.3) is 0 Å². The van der Waals surface area contributed by atoms with E-state index in [-0.39, 0.29) is 5.91 Å². The van der Waals surface area contributed by atoms with Crippen LogP contribution in [0.5, 0.6) is 0 Å². The number of amides is 1. The first-order valence-corrected chi connectivity index (χ1v) is 11.8. The number of aryl methyl sites for hydroxylation is 1. The van der Waals surface area contributed by atoms with Gasteiger partial charge < -0.3 is 4.90 Å². The Balaban J connectivity index is 1.57. The molecule has 5 nitrogen and oxygen atoms in total. The van der Waals surface area contributed by atoms with Crippen LogP contribution in [0.2, 0.25) is 5.02 Å². The van der Waals surface area contributed by atoms with Crippen molar-refractivity contribution in [2.24, 2.45) is 0 Å². The fourth-order valence-electron chi connectivity index (χ4n) is 4.24. The minimum Gasteiger partial charge on any atom is -0.339 e. The van der Waals surface area contributed by atoms with Crippen molar-refractivity contribution in [3.8, 4) is 16.4 Å². The van der Waals surface area contributed by atoms with E-state index in [9.17, 15) is 4.79 Å². The van der Waals surface area contributed by atoms with Crippen molar-refractivity contribution < 1.29 is 4.79 Å². The van der Waals surface area contributed by atoms with Gasteiger partial charge in [0.2, 0.25) is 11.0 Å². The van der Waals surface area contributed by atoms with Gasteiger partial charge in [-0.3, -0.25) is 4.79 Å². The number of likely N-dealkylation sites (tertiary alicyclic amines) is 1. The first kappa shape index (κ1) is 21.1. The third-order valence-corrected chi connectivity index (χ3v) is 7.07. The van der Waals surface area contributed by atoms with E-state index in [1.807, 2.05) is 48.2 Å². The molecule has 1 aliphatic rings. The second kappa shape index (κ2) is 8.90. The zero-order chi connectivity index (χ0) is 21.3. The standard InChI is InChI=1S/C23H27ClN4OS/c1-4-19-7-5-6-12-27(19)22(29)13-20-15(2)26-28(16(20)3)23-25-21(14-30-23)17-8-10-18(24)11-9-17/h8-11,14,19H,4-7,12-13H2,1-3H3/t19-/m0/s1. The first-order valence-electron chi connectivity index (χ1n) is 10.5. The molecule has 7 heteroatoms. The van der Waals surface area contributed by atoms with E-state index in [1.165, 1.54) is 6.42 Å². The second-order valence-corrected chi connectivity index (χ2v) is 9.18. The molecule has 0 aliphatic carbocycles. The molecule has 1 saturated heterocycles. The maximum absolute atomic E-state index is 13.1. The zero-order valence-corrected chi connectivity index (χ0v) is 19.3. The van der Waals surface area contributed by atoms with Crippen LogP contribution in [-0.2, 0) is 11.2 Å². The maximum Gasteiger partial charge on any atom is 0.227 e. The summed E-state index contributed by atoms with van der Waals surface area (Å²) in [5, 5.41) is 8.26. The van der Waals surface area contributed by atoms with Gasteiger partial charge >= 0.3 is 0 Å². The molecule has 4 rings (SSSR count). The fourth-order valence-corrected chi connectivity index (χ4v) is 5.20. The highest BCUT2D eigenvalue weighted by atomic mass is 35.5. The van der Waals surface area contributed by atoms with Gasteiger partial charge in [-0.1, -0.05) is 30.7 Å². The van der Waals surface area contributed by atoms with Crippen LogP contribution < -0.4 is 0 Å². The zero-order valence-electron chi connectivity index (χ0n) is 17.7. The third kappa shape index (κ3) is 4.16. The van der Waals surface area contributed by atoms with Crippen LogP contribution in [-0.4, -0.2) is 38.2 Å². The van der Waals surface area contributed by atoms with Crippen LogP contribution in [0, 0.1) is 13.8 Å². The number of hydrogen-bond acceptors (Lipinski definition) is 4. The number of piperidine rings is 1. The average molecular weight is 443 g/mol. The Morgan fingerprint density at radius 1 is 1.23 bits per heavy atom. The molecule has 0 saturated carbocycles. The molecular formula is C23H27ClN4OS. The Labute approximate surface area is 186 Å². The van der Waals surface area contributed by atoms with Crippen molar-refractivity contribution in [1.82, 2.24) is 19.7 Å². The predicted octanol–water partition coefficient (Wildman–Crippen LogP) is 5.60. The molecule has 30 heavy (non-hydrogen) atoms. The molecule has 1 amide bonds. The molecule has 3 heterocycles. The van der Waals surface area contributed by atoms with Crippen molar-refractivity contribution in [2.75, 3.05) is 6.54 Å². The summed E-state index contributed by atoms with van der Waals surface area (Å²) in [5.41, 5.74) is 4.83. The molecule has 158 valence electrons. The van der Waals surface area contributed by atoms with Crippen LogP contribution in [0.1, 0.15) is 49.6 Å². The highest BCUT2D eigenvalue weighted by Gasteiger charge is 2.27. The minimum absolute atomic E-state index is 0.216. The maximum atomic E-state index is 13.1. The Morgan fingerprint density at radius 2 is 2.00 bits per heavy atom. The largest absolute Gasteiger partial charge is 0.339 e. The first-order chi connectivity index (χ1) is 14.5. The van der Waals surface area contributed by atoms with E-state index in [2.05, 4.69) is 11.8 Å². The monoisotopic (exact) mass is 442 g/mol. The lowest BCUT2D eigenvalue weighted by Gasteiger charge is -2.35. The molecule has 0 spiro atoms. The molecule has 0 bridgehead atoms. The van der Waals surface area contributed by atoms with Gasteiger partial charge in [-0.15, -0.1) is 11.3 Å². The molecule has 0 unspecified atom stereocenters. The Hall–Kier alpha value is -2.18. The van der Waals surface area contributed by atoms with Crippen LogP contribution in [0.25, 0.3) is 16.4 Å². The van der Waals surface area contributed by atoms with E-state index in [1.54, 1.807) is 11.3 Å². The average Bonchev–Trinajstić information content (AvgIpc) is 3.34. The number of aromatic nitrogens is 3. The summed E-state index contributed by atoms with van der Waals surface area (Å²) in [4.78, 5) is 19.9. The molecule has 0 radical (unpaired) electrons. The van der Waals surface area contributed by atoms with Gasteiger partial charge in [0.05, 0.1) is 17.8 Å². The van der Waals surface area contributed by atoms with Crippen LogP contribution in [0.4, 0.5) is 0 Å². The lowest BCUT2D eigenvalue weighted by atomic mass is 9.98. The van der Waals surface area contributed by atoms with Crippen LogP contribution in [0.15, 0.2) is 29.6 Å². The Kier molecular flexibility index (Phi) is 6.25. The lowest BCUT2D eigenvalue weighted by Crippen LogP contribution is -2.44. The summed E-state index contributed by atoms with van der Waals surface area (Å²) in [6.45, 7) is 7.05. The molecule has 1 aliphatic heterocycles. The summed E-state index contributed by atoms with van der Waals surface area (Å²) in [6, 6.07) is 8.05. The molecule has 1 atom stereocenters. The van der Waals surface area contributed by atoms with E-state index >= 15 is 0 Å². The second-order valence-electron chi connectivity index (χ2n) is 7.91. The number of thiazole rings is 1. The quantitative estimate of drug-likeness (QED) is 0.516. The van der Waals surface area contributed by atoms with Crippen molar-refractivity contribution >= 4 is 28.8 Å². The molecule has 1 aromatic carbocycles. The number of benzene rings is 1. The SMILES string of the molecule is CC[C@H]1CCCCN1C(=O)Cc1c(C)nn(-c2nc(-c3ccc(Cl)cc3)cs2)c1C. The van der Waals surface area contributed by atoms with Gasteiger partial charge in [0.1, 0.15) is 0 Å². The van der Waals surface area contributed by atoms with Crippen molar-refractivity contribution in [3.63, 3.8) is 0 Å². The third-order valence-electron chi connectivity index (χ3n) is 6.00. The highest BCUT2D eigenvalue weighted by molar-refractivity contribution is 7.12. The topological polar surface area (TPSA) is 51.0 Å². The van der Waals surface area contributed by atoms with E-state index in [0.29, 0.717) is 17.5 Å². The molecule has 1 fully saturated rings. The molecular weight excluding hydrogens is 416 g/mol. The highest BCUT2D eigenvalue weighted by Crippen LogP contribution is 2.28. The van der Waals surface area contributed by atoms with Crippen molar-refractivity contribution in [3.05, 3.63) is 51.6 Å². The summed E-state index contributed by atoms with van der Waals surface area (Å²) in [7, 11) is 0. The van der Waals surface area contributed by atoms with Gasteiger partial charge in [-0.25, -0.2) is 9.67 Å². The number of carbonyl (C=O) groups is 1. The van der Waals surface area contributed by atoms with E-state index in [0.717, 1.165) is 59.1 Å². The van der Waals surface area contributed by atoms with Crippen molar-refractivity contribution in [1.29, 1.82) is 0 Å². The van der Waals surface area contributed by atoms with E-state index in [4.69, 9.17) is 21.7 Å². The molecule has 3 aromatic rings. The predicted molar refractivity (Wildman–Crippen MR) is 123 cm³/mol. The lowest BCUT2D eigenvalue weighted by molar-refractivity contribution is -0.134. The number of halogens is 1. The normalized spacial score (nSPS) is 16.8. The van der Waals surface area contributed by atoms with E-state index < -0.39 is 0 Å². The number of rotatable bonds is 5. The summed E-state index contributed by atoms with van der Waals surface area (Å²) < 4.78 is 1.87. The van der Waals surface area contributed by atoms with Gasteiger partial charge in [-0.05, 0) is 51.7 Å². The summed E-state index contributed by atoms with van der Waals surface area (Å²) >= 11 is 7.54.